The number of benzene rings is 1. The smallest absolute Gasteiger partial charge is 0.224 e. The Morgan fingerprint density at radius 2 is 1.94 bits per heavy atom. The van der Waals surface area contributed by atoms with E-state index in [1.54, 1.807) is 0 Å². The Morgan fingerprint density at radius 1 is 1.17 bits per heavy atom. The van der Waals surface area contributed by atoms with Crippen LogP contribution in [-0.2, 0) is 11.2 Å². The minimum absolute atomic E-state index is 0.0636. The number of carbonyl (C=O) groups excluding carboxylic acids is 1. The monoisotopic (exact) mass is 256 g/mol. The second-order valence-corrected chi connectivity index (χ2v) is 4.12. The first-order valence-corrected chi connectivity index (χ1v) is 6.04. The van der Waals surface area contributed by atoms with Crippen LogP contribution in [0.15, 0.2) is 18.2 Å². The number of hydrogen-bond donors (Lipinski definition) is 2. The topological polar surface area (TPSA) is 55.1 Å². The first-order valence-electron chi connectivity index (χ1n) is 6.04. The molecular weight excluding hydrogens is 238 g/mol. The molecule has 100 valence electrons. The van der Waals surface area contributed by atoms with Crippen molar-refractivity contribution in [2.24, 2.45) is 5.73 Å². The molecule has 1 amide bonds. The molecule has 1 aromatic rings. The number of hydrogen-bond acceptors (Lipinski definition) is 2. The molecule has 0 fully saturated rings. The molecule has 0 atom stereocenters. The van der Waals surface area contributed by atoms with E-state index in [1.807, 2.05) is 0 Å². The summed E-state index contributed by atoms with van der Waals surface area (Å²) >= 11 is 0. The Labute approximate surface area is 105 Å². The average molecular weight is 256 g/mol. The van der Waals surface area contributed by atoms with Crippen molar-refractivity contribution in [3.05, 3.63) is 35.4 Å². The zero-order chi connectivity index (χ0) is 13.4. The van der Waals surface area contributed by atoms with Gasteiger partial charge in [0.05, 0.1) is 6.42 Å². The van der Waals surface area contributed by atoms with Crippen molar-refractivity contribution in [2.75, 3.05) is 13.1 Å². The van der Waals surface area contributed by atoms with Crippen molar-refractivity contribution in [3.63, 3.8) is 0 Å². The number of carbonyl (C=O) groups is 1. The third-order valence-corrected chi connectivity index (χ3v) is 2.55. The van der Waals surface area contributed by atoms with Crippen molar-refractivity contribution in [1.82, 2.24) is 5.32 Å². The van der Waals surface area contributed by atoms with Crippen LogP contribution in [-0.4, -0.2) is 19.0 Å². The molecular formula is C13H18F2N2O. The molecule has 0 heterocycles. The van der Waals surface area contributed by atoms with Crippen LogP contribution < -0.4 is 11.1 Å². The van der Waals surface area contributed by atoms with Crippen LogP contribution in [0, 0.1) is 11.6 Å². The minimum Gasteiger partial charge on any atom is -0.356 e. The molecule has 18 heavy (non-hydrogen) atoms. The zero-order valence-electron chi connectivity index (χ0n) is 10.2. The molecule has 3 nitrogen and oxygen atoms in total. The van der Waals surface area contributed by atoms with Gasteiger partial charge in [-0.05, 0) is 37.1 Å². The second kappa shape index (κ2) is 7.76. The Hall–Kier alpha value is -1.49. The summed E-state index contributed by atoms with van der Waals surface area (Å²) in [5, 5.41) is 2.73. The number of rotatable bonds is 7. The fourth-order valence-electron chi connectivity index (χ4n) is 1.57. The molecule has 0 radical (unpaired) electrons. The lowest BCUT2D eigenvalue weighted by atomic mass is 10.1. The Kier molecular flexibility index (Phi) is 6.28. The van der Waals surface area contributed by atoms with Gasteiger partial charge in [-0.2, -0.15) is 0 Å². The van der Waals surface area contributed by atoms with Crippen molar-refractivity contribution >= 4 is 5.91 Å². The van der Waals surface area contributed by atoms with Gasteiger partial charge in [0.25, 0.3) is 0 Å². The number of nitrogens with two attached hydrogens (primary N) is 1. The Bertz CT molecular complexity index is 397. The van der Waals surface area contributed by atoms with Gasteiger partial charge >= 0.3 is 0 Å². The first-order chi connectivity index (χ1) is 8.63. The summed E-state index contributed by atoms with van der Waals surface area (Å²) in [4.78, 5) is 11.5. The lowest BCUT2D eigenvalue weighted by Gasteiger charge is -2.05. The van der Waals surface area contributed by atoms with Crippen LogP contribution in [0.25, 0.3) is 0 Å². The highest BCUT2D eigenvalue weighted by molar-refractivity contribution is 5.78. The van der Waals surface area contributed by atoms with E-state index < -0.39 is 11.6 Å². The largest absolute Gasteiger partial charge is 0.356 e. The maximum absolute atomic E-state index is 12.9. The quantitative estimate of drug-likeness (QED) is 0.730. The molecule has 3 N–H and O–H groups in total. The van der Waals surface area contributed by atoms with E-state index in [0.29, 0.717) is 18.7 Å². The molecule has 0 aliphatic heterocycles. The molecule has 0 saturated carbocycles. The Balaban J connectivity index is 2.29. The minimum atomic E-state index is -0.928. The van der Waals surface area contributed by atoms with Crippen LogP contribution in [0.3, 0.4) is 0 Å². The number of unbranched alkanes of at least 4 members (excludes halogenated alkanes) is 2. The summed E-state index contributed by atoms with van der Waals surface area (Å²) in [6.07, 6.45) is 2.86. The van der Waals surface area contributed by atoms with Gasteiger partial charge in [0.15, 0.2) is 11.6 Å². The average Bonchev–Trinajstić information content (AvgIpc) is 2.34. The molecule has 1 aromatic carbocycles. The van der Waals surface area contributed by atoms with Crippen LogP contribution in [0.5, 0.6) is 0 Å². The van der Waals surface area contributed by atoms with Gasteiger partial charge < -0.3 is 11.1 Å². The second-order valence-electron chi connectivity index (χ2n) is 4.12. The van der Waals surface area contributed by atoms with Crippen LogP contribution >= 0.6 is 0 Å². The van der Waals surface area contributed by atoms with Gasteiger partial charge in [0.1, 0.15) is 0 Å². The fourth-order valence-corrected chi connectivity index (χ4v) is 1.57. The van der Waals surface area contributed by atoms with E-state index in [-0.39, 0.29) is 12.3 Å². The molecule has 0 aromatic heterocycles. The summed E-state index contributed by atoms with van der Waals surface area (Å²) < 4.78 is 25.6. The predicted octanol–water partition coefficient (Wildman–Crippen LogP) is 1.75. The normalized spacial score (nSPS) is 10.4. The predicted molar refractivity (Wildman–Crippen MR) is 66.0 cm³/mol. The summed E-state index contributed by atoms with van der Waals surface area (Å²) in [5.74, 6) is -2.02. The summed E-state index contributed by atoms with van der Waals surface area (Å²) in [6.45, 7) is 1.24. The van der Waals surface area contributed by atoms with Crippen molar-refractivity contribution in [2.45, 2.75) is 25.7 Å². The van der Waals surface area contributed by atoms with Gasteiger partial charge in [-0.25, -0.2) is 8.78 Å². The maximum atomic E-state index is 12.9. The third-order valence-electron chi connectivity index (χ3n) is 2.55. The van der Waals surface area contributed by atoms with Gasteiger partial charge in [-0.15, -0.1) is 0 Å². The van der Waals surface area contributed by atoms with Crippen molar-refractivity contribution in [3.8, 4) is 0 Å². The molecule has 0 aliphatic rings. The summed E-state index contributed by atoms with van der Waals surface area (Å²) in [7, 11) is 0. The SMILES string of the molecule is NCCCCCNC(=O)Cc1ccc(F)c(F)c1. The van der Waals surface area contributed by atoms with Gasteiger partial charge in [0, 0.05) is 6.54 Å². The van der Waals surface area contributed by atoms with E-state index in [1.165, 1.54) is 6.07 Å². The molecule has 0 bridgehead atoms. The standard InChI is InChI=1S/C13H18F2N2O/c14-11-5-4-10(8-12(11)15)9-13(18)17-7-3-1-2-6-16/h4-5,8H,1-3,6-7,9,16H2,(H,17,18). The van der Waals surface area contributed by atoms with Crippen LogP contribution in [0.1, 0.15) is 24.8 Å². The van der Waals surface area contributed by atoms with Gasteiger partial charge in [0.2, 0.25) is 5.91 Å². The maximum Gasteiger partial charge on any atom is 0.224 e. The highest BCUT2D eigenvalue weighted by atomic mass is 19.2. The highest BCUT2D eigenvalue weighted by Crippen LogP contribution is 2.09. The molecule has 5 heteroatoms. The lowest BCUT2D eigenvalue weighted by Crippen LogP contribution is -2.26. The lowest BCUT2D eigenvalue weighted by molar-refractivity contribution is -0.120. The highest BCUT2D eigenvalue weighted by Gasteiger charge is 2.06. The molecule has 0 saturated heterocycles. The van der Waals surface area contributed by atoms with E-state index in [9.17, 15) is 13.6 Å². The number of amides is 1. The van der Waals surface area contributed by atoms with Crippen LogP contribution in [0.2, 0.25) is 0 Å². The molecule has 0 aliphatic carbocycles. The van der Waals surface area contributed by atoms with Gasteiger partial charge in [-0.1, -0.05) is 12.5 Å². The van der Waals surface area contributed by atoms with E-state index in [4.69, 9.17) is 5.73 Å². The third kappa shape index (κ3) is 5.23. The number of nitrogens with one attached hydrogen (secondary N) is 1. The van der Waals surface area contributed by atoms with E-state index in [0.717, 1.165) is 31.4 Å². The molecule has 1 rings (SSSR count). The fraction of sp³-hybridized carbons (Fsp3) is 0.462. The summed E-state index contributed by atoms with van der Waals surface area (Å²) in [5.41, 5.74) is 5.81. The molecule has 0 unspecified atom stereocenters. The molecule has 0 spiro atoms. The van der Waals surface area contributed by atoms with Crippen molar-refractivity contribution < 1.29 is 13.6 Å². The van der Waals surface area contributed by atoms with E-state index >= 15 is 0 Å². The number of halogens is 2. The zero-order valence-corrected chi connectivity index (χ0v) is 10.2. The summed E-state index contributed by atoms with van der Waals surface area (Å²) in [6, 6.07) is 3.48. The van der Waals surface area contributed by atoms with E-state index in [2.05, 4.69) is 5.32 Å². The van der Waals surface area contributed by atoms with Gasteiger partial charge in [-0.3, -0.25) is 4.79 Å². The van der Waals surface area contributed by atoms with Crippen LogP contribution in [0.4, 0.5) is 8.78 Å². The van der Waals surface area contributed by atoms with Crippen molar-refractivity contribution in [1.29, 1.82) is 0 Å². The Morgan fingerprint density at radius 3 is 2.61 bits per heavy atom. The first kappa shape index (κ1) is 14.6.